The van der Waals surface area contributed by atoms with Gasteiger partial charge < -0.3 is 14.0 Å². The van der Waals surface area contributed by atoms with Gasteiger partial charge in [0.15, 0.2) is 5.91 Å². The summed E-state index contributed by atoms with van der Waals surface area (Å²) >= 11 is 0. The Labute approximate surface area is 150 Å². The molecule has 0 saturated carbocycles. The van der Waals surface area contributed by atoms with Crippen molar-refractivity contribution in [1.82, 2.24) is 5.09 Å². The topological polar surface area (TPSA) is 73.9 Å². The van der Waals surface area contributed by atoms with Gasteiger partial charge in [-0.3, -0.25) is 9.36 Å². The largest absolute Gasteiger partial charge is 0.465 e. The molecule has 0 spiro atoms. The first-order valence-corrected chi connectivity index (χ1v) is 9.88. The number of methoxy groups -OCH3 is 1. The number of ether oxygens (including phenoxy) is 2. The number of hydrogen-bond acceptors (Lipinski definition) is 5. The Kier molecular flexibility index (Phi) is 16.6. The van der Waals surface area contributed by atoms with Gasteiger partial charge in [-0.15, -0.1) is 0 Å². The zero-order valence-corrected chi connectivity index (χ0v) is 16.8. The molecule has 0 aliphatic rings. The molecule has 0 saturated heterocycles. The second-order valence-corrected chi connectivity index (χ2v) is 6.94. The molecule has 1 rings (SSSR count). The molecule has 25 heavy (non-hydrogen) atoms. The number of hydrogen-bond donors (Lipinski definition) is 1. The minimum atomic E-state index is -3.82. The summed E-state index contributed by atoms with van der Waals surface area (Å²) in [5, 5.41) is 2.34. The van der Waals surface area contributed by atoms with Crippen LogP contribution in [0.3, 0.4) is 0 Å². The van der Waals surface area contributed by atoms with Crippen LogP contribution >= 0.6 is 7.52 Å². The van der Waals surface area contributed by atoms with Gasteiger partial charge in [0.05, 0.1) is 6.61 Å². The van der Waals surface area contributed by atoms with E-state index in [-0.39, 0.29) is 18.9 Å². The smallest absolute Gasteiger partial charge is 0.350 e. The highest BCUT2D eigenvalue weighted by Gasteiger charge is 2.33. The third-order valence-corrected chi connectivity index (χ3v) is 4.38. The lowest BCUT2D eigenvalue weighted by atomic mass is 10.3. The number of carbonyl (C=O) groups excluding carboxylic acids is 1. The van der Waals surface area contributed by atoms with Crippen LogP contribution in [-0.2, 0) is 18.8 Å². The molecule has 0 bridgehead atoms. The summed E-state index contributed by atoms with van der Waals surface area (Å²) < 4.78 is 40.1. The van der Waals surface area contributed by atoms with Crippen LogP contribution in [0.5, 0.6) is 5.75 Å². The van der Waals surface area contributed by atoms with E-state index in [0.29, 0.717) is 6.42 Å². The first kappa shape index (κ1) is 25.8. The van der Waals surface area contributed by atoms with Crippen LogP contribution in [0.2, 0.25) is 0 Å². The van der Waals surface area contributed by atoms with Gasteiger partial charge in [0.1, 0.15) is 12.3 Å². The van der Waals surface area contributed by atoms with Crippen molar-refractivity contribution in [3.63, 3.8) is 0 Å². The average molecular weight is 379 g/mol. The van der Waals surface area contributed by atoms with Crippen molar-refractivity contribution in [3.8, 4) is 5.75 Å². The Bertz CT molecular complexity index is 485. The van der Waals surface area contributed by atoms with E-state index in [2.05, 4.69) is 9.82 Å². The van der Waals surface area contributed by atoms with Crippen molar-refractivity contribution < 1.29 is 27.7 Å². The summed E-state index contributed by atoms with van der Waals surface area (Å²) in [5.74, 6) is -2.07. The van der Waals surface area contributed by atoms with Gasteiger partial charge in [0.25, 0.3) is 0 Å². The van der Waals surface area contributed by atoms with Crippen molar-refractivity contribution in [1.29, 1.82) is 0 Å². The highest BCUT2D eigenvalue weighted by atomic mass is 31.2. The van der Waals surface area contributed by atoms with Crippen LogP contribution in [0.4, 0.5) is 4.39 Å². The first-order valence-electron chi connectivity index (χ1n) is 8.18. The summed E-state index contributed by atoms with van der Waals surface area (Å²) in [4.78, 5) is 11.3. The molecule has 0 aliphatic carbocycles. The highest BCUT2D eigenvalue weighted by molar-refractivity contribution is 7.57. The number of benzene rings is 1. The zero-order valence-electron chi connectivity index (χ0n) is 16.0. The molecule has 146 valence electrons. The quantitative estimate of drug-likeness (QED) is 0.533. The number of alkyl halides is 1. The third kappa shape index (κ3) is 12.6. The van der Waals surface area contributed by atoms with E-state index in [1.54, 1.807) is 44.6 Å². The third-order valence-electron chi connectivity index (χ3n) is 2.36. The SMILES string of the molecule is CC.CCCOC(=O)CNP(=O)(Oc1ccccc1)C(C)F.COC. The van der Waals surface area contributed by atoms with Crippen molar-refractivity contribution in [2.75, 3.05) is 27.4 Å². The molecule has 6 nitrogen and oxygen atoms in total. The second kappa shape index (κ2) is 16.1. The number of halogens is 1. The van der Waals surface area contributed by atoms with Crippen molar-refractivity contribution in [2.45, 2.75) is 40.0 Å². The van der Waals surface area contributed by atoms with E-state index < -0.39 is 19.4 Å². The van der Waals surface area contributed by atoms with Crippen LogP contribution in [-0.4, -0.2) is 39.3 Å². The van der Waals surface area contributed by atoms with Gasteiger partial charge in [-0.05, 0) is 25.5 Å². The van der Waals surface area contributed by atoms with Crippen molar-refractivity contribution in [2.24, 2.45) is 0 Å². The van der Waals surface area contributed by atoms with Gasteiger partial charge in [0, 0.05) is 14.2 Å². The molecule has 1 aromatic carbocycles. The Morgan fingerprint density at radius 3 is 2.20 bits per heavy atom. The Hall–Kier alpha value is -1.43. The summed E-state index contributed by atoms with van der Waals surface area (Å²) in [6.45, 7) is 6.88. The van der Waals surface area contributed by atoms with Gasteiger partial charge in [0.2, 0.25) is 0 Å². The van der Waals surface area contributed by atoms with Gasteiger partial charge >= 0.3 is 13.5 Å². The molecule has 2 atom stereocenters. The molecule has 8 heteroatoms. The number of esters is 1. The monoisotopic (exact) mass is 379 g/mol. The summed E-state index contributed by atoms with van der Waals surface area (Å²) in [5.41, 5.74) is 0. The minimum absolute atomic E-state index is 0.273. The lowest BCUT2D eigenvalue weighted by Gasteiger charge is -2.21. The van der Waals surface area contributed by atoms with Crippen LogP contribution < -0.4 is 9.61 Å². The Morgan fingerprint density at radius 2 is 1.76 bits per heavy atom. The van der Waals surface area contributed by atoms with E-state index in [9.17, 15) is 13.8 Å². The predicted octanol–water partition coefficient (Wildman–Crippen LogP) is 4.41. The van der Waals surface area contributed by atoms with Crippen LogP contribution in [0.15, 0.2) is 30.3 Å². The maximum Gasteiger partial charge on any atom is 0.350 e. The van der Waals surface area contributed by atoms with Crippen LogP contribution in [0, 0.1) is 0 Å². The summed E-state index contributed by atoms with van der Waals surface area (Å²) in [6.07, 6.45) is 0.684. The number of para-hydroxylation sites is 1. The normalized spacial score (nSPS) is 13.1. The highest BCUT2D eigenvalue weighted by Crippen LogP contribution is 2.48. The molecule has 0 heterocycles. The van der Waals surface area contributed by atoms with E-state index >= 15 is 0 Å². The Morgan fingerprint density at radius 1 is 1.24 bits per heavy atom. The molecule has 1 N–H and O–H groups in total. The Balaban J connectivity index is 0. The van der Waals surface area contributed by atoms with Gasteiger partial charge in [-0.1, -0.05) is 39.0 Å². The van der Waals surface area contributed by atoms with Gasteiger partial charge in [-0.25, -0.2) is 9.48 Å². The molecule has 0 fully saturated rings. The molecule has 1 aromatic rings. The second-order valence-electron chi connectivity index (χ2n) is 4.54. The predicted molar refractivity (Wildman–Crippen MR) is 98.8 cm³/mol. The molecule has 0 amide bonds. The fraction of sp³-hybridized carbons (Fsp3) is 0.588. The molecule has 0 aliphatic heterocycles. The molecule has 0 radical (unpaired) electrons. The number of nitrogens with one attached hydrogen (secondary N) is 1. The van der Waals surface area contributed by atoms with E-state index in [4.69, 9.17) is 9.26 Å². The fourth-order valence-corrected chi connectivity index (χ4v) is 2.56. The van der Waals surface area contributed by atoms with Crippen molar-refractivity contribution >= 4 is 13.5 Å². The number of carbonyl (C=O) groups is 1. The van der Waals surface area contributed by atoms with Crippen LogP contribution in [0.25, 0.3) is 0 Å². The zero-order chi connectivity index (χ0) is 19.7. The van der Waals surface area contributed by atoms with Crippen LogP contribution in [0.1, 0.15) is 34.1 Å². The lowest BCUT2D eigenvalue weighted by molar-refractivity contribution is -0.142. The first-order chi connectivity index (χ1) is 11.9. The average Bonchev–Trinajstić information content (AvgIpc) is 2.61. The van der Waals surface area contributed by atoms with Gasteiger partial charge in [-0.2, -0.15) is 0 Å². The lowest BCUT2D eigenvalue weighted by Crippen LogP contribution is -2.27. The van der Waals surface area contributed by atoms with E-state index in [1.165, 1.54) is 0 Å². The van der Waals surface area contributed by atoms with E-state index in [1.807, 2.05) is 20.8 Å². The minimum Gasteiger partial charge on any atom is -0.465 e. The number of rotatable bonds is 8. The van der Waals surface area contributed by atoms with E-state index in [0.717, 1.165) is 6.92 Å². The molecular weight excluding hydrogens is 348 g/mol. The summed E-state index contributed by atoms with van der Waals surface area (Å²) in [6, 6.07) is 8.24. The standard InChI is InChI=1S/C13H19FNO4P.C2H6O.C2H6/c1-3-9-18-13(16)10-15-20(17,11(2)14)19-12-7-5-4-6-8-12;1-3-2;1-2/h4-8,11H,3,9-10H2,1-2H3,(H,15,17);1-2H3;1-2H3. The maximum atomic E-state index is 13.5. The van der Waals surface area contributed by atoms with Crippen molar-refractivity contribution in [3.05, 3.63) is 30.3 Å². The molecule has 0 aromatic heterocycles. The molecular formula is C17H31FNO5P. The summed E-state index contributed by atoms with van der Waals surface area (Å²) in [7, 11) is -0.567. The molecule has 2 unspecified atom stereocenters. The maximum absolute atomic E-state index is 13.5. The fourth-order valence-electron chi connectivity index (χ4n) is 1.31.